The number of methoxy groups -OCH3 is 1. The molecule has 1 aromatic carbocycles. The fourth-order valence-electron chi connectivity index (χ4n) is 4.00. The summed E-state index contributed by atoms with van der Waals surface area (Å²) in [7, 11) is 1.33. The number of ether oxygens (including phenoxy) is 2. The van der Waals surface area contributed by atoms with Gasteiger partial charge in [0.1, 0.15) is 11.8 Å². The minimum atomic E-state index is -0.873. The van der Waals surface area contributed by atoms with Crippen LogP contribution in [-0.4, -0.2) is 78.1 Å². The van der Waals surface area contributed by atoms with E-state index in [9.17, 15) is 19.1 Å². The summed E-state index contributed by atoms with van der Waals surface area (Å²) in [5.41, 5.74) is 0.417. The fourth-order valence-corrected chi connectivity index (χ4v) is 4.00. The van der Waals surface area contributed by atoms with Crippen LogP contribution >= 0.6 is 0 Å². The Morgan fingerprint density at radius 1 is 1.22 bits per heavy atom. The molecular formula is C23H24FN3O5. The average Bonchev–Trinajstić information content (AvgIpc) is 3.08. The molecule has 8 nitrogen and oxygen atoms in total. The second-order valence-electron chi connectivity index (χ2n) is 7.55. The first-order valence-corrected chi connectivity index (χ1v) is 10.3. The largest absolute Gasteiger partial charge is 0.507 e. The van der Waals surface area contributed by atoms with Gasteiger partial charge in [-0.25, -0.2) is 4.39 Å². The van der Waals surface area contributed by atoms with Crippen LogP contribution in [0, 0.1) is 5.82 Å². The van der Waals surface area contributed by atoms with Crippen molar-refractivity contribution in [1.29, 1.82) is 0 Å². The molecule has 2 saturated heterocycles. The molecule has 1 N–H and O–H groups in total. The van der Waals surface area contributed by atoms with Gasteiger partial charge >= 0.3 is 0 Å². The van der Waals surface area contributed by atoms with Gasteiger partial charge in [0.2, 0.25) is 0 Å². The third kappa shape index (κ3) is 4.21. The Morgan fingerprint density at radius 2 is 2.00 bits per heavy atom. The number of hydrogen-bond donors (Lipinski definition) is 1. The Hall–Kier alpha value is -3.30. The van der Waals surface area contributed by atoms with Gasteiger partial charge in [0.15, 0.2) is 11.6 Å². The SMILES string of the molecule is COc1ccc(/C(O)=C2\C(=O)C(=O)N(CCN3CCOCC3)[C@@H]2c2ccccn2)cc1F. The number of nitrogens with zero attached hydrogens (tertiary/aromatic N) is 3. The van der Waals surface area contributed by atoms with E-state index in [1.807, 2.05) is 0 Å². The standard InChI is InChI=1S/C23H24FN3O5/c1-31-18-6-5-15(14-16(18)24)21(28)19-20(17-4-2-3-7-25-17)27(23(30)22(19)29)9-8-26-10-12-32-13-11-26/h2-7,14,20,28H,8-13H2,1H3/b21-19+/t20-/m1/s1. The van der Waals surface area contributed by atoms with Crippen LogP contribution in [0.1, 0.15) is 17.3 Å². The Morgan fingerprint density at radius 3 is 2.66 bits per heavy atom. The summed E-state index contributed by atoms with van der Waals surface area (Å²) in [6.07, 6.45) is 1.56. The van der Waals surface area contributed by atoms with Crippen molar-refractivity contribution in [3.63, 3.8) is 0 Å². The number of carbonyl (C=O) groups excluding carboxylic acids is 2. The summed E-state index contributed by atoms with van der Waals surface area (Å²) < 4.78 is 24.5. The number of likely N-dealkylation sites (tertiary alicyclic amines) is 1. The number of aliphatic hydroxyl groups excluding tert-OH is 1. The number of ketones is 1. The van der Waals surface area contributed by atoms with E-state index in [1.54, 1.807) is 24.4 Å². The number of aromatic nitrogens is 1. The highest BCUT2D eigenvalue weighted by atomic mass is 19.1. The number of carbonyl (C=O) groups is 2. The lowest BCUT2D eigenvalue weighted by Crippen LogP contribution is -2.42. The smallest absolute Gasteiger partial charge is 0.295 e. The Balaban J connectivity index is 1.72. The minimum absolute atomic E-state index is 0.00814. The molecule has 2 fully saturated rings. The molecule has 4 rings (SSSR count). The van der Waals surface area contributed by atoms with Crippen molar-refractivity contribution in [1.82, 2.24) is 14.8 Å². The third-order valence-corrected chi connectivity index (χ3v) is 5.69. The van der Waals surface area contributed by atoms with Crippen molar-refractivity contribution >= 4 is 17.4 Å². The first kappa shape index (κ1) is 21.9. The quantitative estimate of drug-likeness (QED) is 0.416. The number of amides is 1. The Bertz CT molecular complexity index is 1040. The summed E-state index contributed by atoms with van der Waals surface area (Å²) in [5, 5.41) is 11.0. The molecule has 3 heterocycles. The van der Waals surface area contributed by atoms with E-state index in [2.05, 4.69) is 9.88 Å². The number of benzene rings is 1. The molecule has 2 aliphatic rings. The van der Waals surface area contributed by atoms with Crippen molar-refractivity contribution in [3.05, 3.63) is 65.2 Å². The number of morpholine rings is 1. The van der Waals surface area contributed by atoms with E-state index in [-0.39, 0.29) is 23.4 Å². The molecule has 0 radical (unpaired) electrons. The van der Waals surface area contributed by atoms with Crippen LogP contribution < -0.4 is 4.74 Å². The van der Waals surface area contributed by atoms with Gasteiger partial charge in [-0.3, -0.25) is 19.5 Å². The van der Waals surface area contributed by atoms with E-state index >= 15 is 0 Å². The van der Waals surface area contributed by atoms with E-state index in [0.717, 1.165) is 19.2 Å². The number of Topliss-reactive ketones (excluding diaryl/α,β-unsaturated/α-hetero) is 1. The van der Waals surface area contributed by atoms with Gasteiger partial charge in [0.05, 0.1) is 31.6 Å². The highest BCUT2D eigenvalue weighted by Gasteiger charge is 2.46. The number of rotatable bonds is 6. The lowest BCUT2D eigenvalue weighted by atomic mass is 9.98. The summed E-state index contributed by atoms with van der Waals surface area (Å²) >= 11 is 0. The van der Waals surface area contributed by atoms with Crippen LogP contribution in [0.5, 0.6) is 5.75 Å². The lowest BCUT2D eigenvalue weighted by Gasteiger charge is -2.30. The van der Waals surface area contributed by atoms with Gasteiger partial charge in [0, 0.05) is 37.9 Å². The second kappa shape index (κ2) is 9.46. The van der Waals surface area contributed by atoms with Gasteiger partial charge in [-0.15, -0.1) is 0 Å². The van der Waals surface area contributed by atoms with Crippen LogP contribution in [0.4, 0.5) is 4.39 Å². The first-order chi connectivity index (χ1) is 15.5. The third-order valence-electron chi connectivity index (χ3n) is 5.69. The molecule has 0 bridgehead atoms. The monoisotopic (exact) mass is 441 g/mol. The number of aliphatic hydroxyl groups is 1. The summed E-state index contributed by atoms with van der Waals surface area (Å²) in [4.78, 5) is 33.8. The normalized spacial score (nSPS) is 21.2. The van der Waals surface area contributed by atoms with Gasteiger partial charge < -0.3 is 19.5 Å². The number of pyridine rings is 1. The maximum atomic E-state index is 14.2. The molecule has 0 saturated carbocycles. The van der Waals surface area contributed by atoms with E-state index in [4.69, 9.17) is 9.47 Å². The lowest BCUT2D eigenvalue weighted by molar-refractivity contribution is -0.140. The van der Waals surface area contributed by atoms with E-state index < -0.39 is 29.3 Å². The molecule has 2 aliphatic heterocycles. The number of halogens is 1. The predicted molar refractivity (Wildman–Crippen MR) is 113 cm³/mol. The summed E-state index contributed by atoms with van der Waals surface area (Å²) in [5.74, 6) is -2.67. The molecule has 0 spiro atoms. The van der Waals surface area contributed by atoms with E-state index in [0.29, 0.717) is 25.5 Å². The summed E-state index contributed by atoms with van der Waals surface area (Å²) in [6, 6.07) is 8.16. The molecule has 0 unspecified atom stereocenters. The topological polar surface area (TPSA) is 92.2 Å². The molecule has 1 amide bonds. The van der Waals surface area contributed by atoms with Gasteiger partial charge in [-0.2, -0.15) is 0 Å². The molecule has 168 valence electrons. The van der Waals surface area contributed by atoms with Crippen molar-refractivity contribution in [2.45, 2.75) is 6.04 Å². The summed E-state index contributed by atoms with van der Waals surface area (Å²) in [6.45, 7) is 3.54. The van der Waals surface area contributed by atoms with Gasteiger partial charge in [0.25, 0.3) is 11.7 Å². The van der Waals surface area contributed by atoms with Gasteiger partial charge in [-0.05, 0) is 30.3 Å². The zero-order chi connectivity index (χ0) is 22.7. The molecule has 9 heteroatoms. The molecular weight excluding hydrogens is 417 g/mol. The zero-order valence-corrected chi connectivity index (χ0v) is 17.7. The molecule has 32 heavy (non-hydrogen) atoms. The van der Waals surface area contributed by atoms with Crippen LogP contribution in [-0.2, 0) is 14.3 Å². The maximum Gasteiger partial charge on any atom is 0.295 e. The van der Waals surface area contributed by atoms with Crippen LogP contribution in [0.3, 0.4) is 0 Å². The molecule has 1 aromatic heterocycles. The first-order valence-electron chi connectivity index (χ1n) is 10.3. The van der Waals surface area contributed by atoms with Crippen molar-refractivity contribution in [3.8, 4) is 5.75 Å². The van der Waals surface area contributed by atoms with Gasteiger partial charge in [-0.1, -0.05) is 6.07 Å². The van der Waals surface area contributed by atoms with Crippen LogP contribution in [0.15, 0.2) is 48.2 Å². The predicted octanol–water partition coefficient (Wildman–Crippen LogP) is 1.98. The average molecular weight is 441 g/mol. The zero-order valence-electron chi connectivity index (χ0n) is 17.7. The Labute approximate surface area is 184 Å². The number of hydrogen-bond acceptors (Lipinski definition) is 7. The van der Waals surface area contributed by atoms with E-state index in [1.165, 1.54) is 24.1 Å². The van der Waals surface area contributed by atoms with Crippen LogP contribution in [0.2, 0.25) is 0 Å². The second-order valence-corrected chi connectivity index (χ2v) is 7.55. The molecule has 2 aromatic rings. The minimum Gasteiger partial charge on any atom is -0.507 e. The van der Waals surface area contributed by atoms with Crippen LogP contribution in [0.25, 0.3) is 5.76 Å². The molecule has 0 aliphatic carbocycles. The molecule has 1 atom stereocenters. The highest BCUT2D eigenvalue weighted by Crippen LogP contribution is 2.38. The van der Waals surface area contributed by atoms with Crippen molar-refractivity contribution in [2.24, 2.45) is 0 Å². The maximum absolute atomic E-state index is 14.2. The highest BCUT2D eigenvalue weighted by molar-refractivity contribution is 6.46. The fraction of sp³-hybridized carbons (Fsp3) is 0.348. The van der Waals surface area contributed by atoms with Crippen molar-refractivity contribution < 1.29 is 28.6 Å². The Kier molecular flexibility index (Phi) is 6.48. The van der Waals surface area contributed by atoms with Crippen molar-refractivity contribution in [2.75, 3.05) is 46.5 Å².